The Labute approximate surface area is 120 Å². The second-order valence-electron chi connectivity index (χ2n) is 5.31. The molecule has 20 heavy (non-hydrogen) atoms. The number of likely N-dealkylation sites (N-methyl/N-ethyl adjacent to an activating group) is 1. The Morgan fingerprint density at radius 1 is 1.25 bits per heavy atom. The molecule has 0 fully saturated rings. The normalized spacial score (nSPS) is 14.8. The van der Waals surface area contributed by atoms with E-state index in [0.717, 1.165) is 64.4 Å². The number of aromatic nitrogens is 3. The molecule has 2 heterocycles. The maximum absolute atomic E-state index is 12.1. The molecule has 0 aliphatic carbocycles. The van der Waals surface area contributed by atoms with Gasteiger partial charge in [0, 0.05) is 32.6 Å². The SMILES string of the molecule is CCN(CC)CCNCCn1nc2n(c1=O)CCCC2. The Bertz CT molecular complexity index is 461. The molecule has 0 radical (unpaired) electrons. The van der Waals surface area contributed by atoms with E-state index in [2.05, 4.69) is 29.2 Å². The lowest BCUT2D eigenvalue weighted by molar-refractivity contribution is 0.301. The molecule has 1 aromatic rings. The highest BCUT2D eigenvalue weighted by molar-refractivity contribution is 4.91. The standard InChI is InChI=1S/C14H27N5O/c1-3-17(4-2)11-8-15-9-12-19-14(20)18-10-6-5-7-13(18)16-19/h15H,3-12H2,1-2H3. The van der Waals surface area contributed by atoms with Gasteiger partial charge in [0.05, 0.1) is 6.54 Å². The monoisotopic (exact) mass is 281 g/mol. The lowest BCUT2D eigenvalue weighted by Crippen LogP contribution is -2.35. The number of aryl methyl sites for hydroxylation is 1. The Kier molecular flexibility index (Phi) is 5.79. The molecule has 2 rings (SSSR count). The lowest BCUT2D eigenvalue weighted by atomic mass is 10.2. The van der Waals surface area contributed by atoms with Crippen LogP contribution in [0.2, 0.25) is 0 Å². The molecular formula is C14H27N5O. The summed E-state index contributed by atoms with van der Waals surface area (Å²) >= 11 is 0. The highest BCUT2D eigenvalue weighted by Crippen LogP contribution is 2.08. The van der Waals surface area contributed by atoms with E-state index in [1.165, 1.54) is 0 Å². The number of nitrogens with one attached hydrogen (secondary N) is 1. The summed E-state index contributed by atoms with van der Waals surface area (Å²) in [5.74, 6) is 0.962. The first-order valence-corrected chi connectivity index (χ1v) is 7.85. The second kappa shape index (κ2) is 7.59. The van der Waals surface area contributed by atoms with E-state index >= 15 is 0 Å². The van der Waals surface area contributed by atoms with Crippen LogP contribution >= 0.6 is 0 Å². The number of hydrogen-bond acceptors (Lipinski definition) is 4. The fourth-order valence-electron chi connectivity index (χ4n) is 2.68. The predicted octanol–water partition coefficient (Wildman–Crippen LogP) is 0.313. The molecule has 1 N–H and O–H groups in total. The maximum atomic E-state index is 12.1. The van der Waals surface area contributed by atoms with E-state index in [4.69, 9.17) is 0 Å². The van der Waals surface area contributed by atoms with Gasteiger partial charge in [0.15, 0.2) is 0 Å². The fourth-order valence-corrected chi connectivity index (χ4v) is 2.68. The predicted molar refractivity (Wildman–Crippen MR) is 80.1 cm³/mol. The van der Waals surface area contributed by atoms with Crippen molar-refractivity contribution in [2.75, 3.05) is 32.7 Å². The van der Waals surface area contributed by atoms with Crippen LogP contribution in [0.5, 0.6) is 0 Å². The van der Waals surface area contributed by atoms with Gasteiger partial charge < -0.3 is 10.2 Å². The topological polar surface area (TPSA) is 55.1 Å². The van der Waals surface area contributed by atoms with E-state index in [1.54, 1.807) is 4.68 Å². The zero-order chi connectivity index (χ0) is 14.4. The zero-order valence-corrected chi connectivity index (χ0v) is 12.8. The van der Waals surface area contributed by atoms with E-state index in [1.807, 2.05) is 4.57 Å². The molecule has 0 saturated heterocycles. The molecule has 0 saturated carbocycles. The van der Waals surface area contributed by atoms with E-state index in [0.29, 0.717) is 6.54 Å². The Morgan fingerprint density at radius 2 is 2.05 bits per heavy atom. The van der Waals surface area contributed by atoms with Crippen LogP contribution in [0.15, 0.2) is 4.79 Å². The summed E-state index contributed by atoms with van der Waals surface area (Å²) in [6, 6.07) is 0. The Hall–Kier alpha value is -1.14. The van der Waals surface area contributed by atoms with E-state index < -0.39 is 0 Å². The van der Waals surface area contributed by atoms with Crippen molar-refractivity contribution < 1.29 is 0 Å². The fraction of sp³-hybridized carbons (Fsp3) is 0.857. The first-order chi connectivity index (χ1) is 9.76. The van der Waals surface area contributed by atoms with Crippen LogP contribution in [0.4, 0.5) is 0 Å². The summed E-state index contributed by atoms with van der Waals surface area (Å²) in [4.78, 5) is 14.5. The first kappa shape index (κ1) is 15.3. The van der Waals surface area contributed by atoms with Crippen LogP contribution < -0.4 is 11.0 Å². The van der Waals surface area contributed by atoms with Crippen molar-refractivity contribution >= 4 is 0 Å². The molecule has 0 bridgehead atoms. The third kappa shape index (κ3) is 3.70. The van der Waals surface area contributed by atoms with Crippen molar-refractivity contribution in [1.82, 2.24) is 24.6 Å². The van der Waals surface area contributed by atoms with Crippen molar-refractivity contribution in [1.29, 1.82) is 0 Å². The van der Waals surface area contributed by atoms with Crippen molar-refractivity contribution in [2.24, 2.45) is 0 Å². The van der Waals surface area contributed by atoms with Crippen molar-refractivity contribution in [3.8, 4) is 0 Å². The smallest absolute Gasteiger partial charge is 0.314 e. The molecule has 0 spiro atoms. The van der Waals surface area contributed by atoms with Gasteiger partial charge in [0.1, 0.15) is 5.82 Å². The van der Waals surface area contributed by atoms with Gasteiger partial charge in [-0.2, -0.15) is 5.10 Å². The third-order valence-corrected chi connectivity index (χ3v) is 4.03. The van der Waals surface area contributed by atoms with E-state index in [9.17, 15) is 4.79 Å². The van der Waals surface area contributed by atoms with Gasteiger partial charge in [0.25, 0.3) is 0 Å². The van der Waals surface area contributed by atoms with Crippen LogP contribution in [0, 0.1) is 0 Å². The minimum atomic E-state index is 0.0604. The summed E-state index contributed by atoms with van der Waals surface area (Å²) < 4.78 is 3.45. The Morgan fingerprint density at radius 3 is 2.75 bits per heavy atom. The van der Waals surface area contributed by atoms with Gasteiger partial charge in [-0.25, -0.2) is 9.48 Å². The van der Waals surface area contributed by atoms with Crippen molar-refractivity contribution in [2.45, 2.75) is 46.2 Å². The molecule has 6 nitrogen and oxygen atoms in total. The second-order valence-corrected chi connectivity index (χ2v) is 5.31. The van der Waals surface area contributed by atoms with Crippen molar-refractivity contribution in [3.63, 3.8) is 0 Å². The lowest BCUT2D eigenvalue weighted by Gasteiger charge is -2.17. The van der Waals surface area contributed by atoms with Crippen LogP contribution in [-0.4, -0.2) is 52.0 Å². The number of fused-ring (bicyclic) bond motifs is 1. The minimum absolute atomic E-state index is 0.0604. The maximum Gasteiger partial charge on any atom is 0.345 e. The highest BCUT2D eigenvalue weighted by Gasteiger charge is 2.15. The molecule has 6 heteroatoms. The van der Waals surface area contributed by atoms with E-state index in [-0.39, 0.29) is 5.69 Å². The van der Waals surface area contributed by atoms with Crippen LogP contribution in [0.25, 0.3) is 0 Å². The summed E-state index contributed by atoms with van der Waals surface area (Å²) in [5, 5.41) is 7.82. The van der Waals surface area contributed by atoms with Gasteiger partial charge in [-0.15, -0.1) is 0 Å². The number of rotatable bonds is 8. The summed E-state index contributed by atoms with van der Waals surface area (Å²) in [5.41, 5.74) is 0.0604. The van der Waals surface area contributed by atoms with Gasteiger partial charge >= 0.3 is 5.69 Å². The number of nitrogens with zero attached hydrogens (tertiary/aromatic N) is 4. The molecule has 0 unspecified atom stereocenters. The van der Waals surface area contributed by atoms with Crippen LogP contribution in [0.1, 0.15) is 32.5 Å². The van der Waals surface area contributed by atoms with Crippen LogP contribution in [0.3, 0.4) is 0 Å². The van der Waals surface area contributed by atoms with Gasteiger partial charge in [-0.1, -0.05) is 13.8 Å². The summed E-state index contributed by atoms with van der Waals surface area (Å²) in [6.45, 7) is 10.9. The third-order valence-electron chi connectivity index (χ3n) is 4.03. The molecule has 0 amide bonds. The molecule has 1 aliphatic rings. The van der Waals surface area contributed by atoms with Gasteiger partial charge in [0.2, 0.25) is 0 Å². The van der Waals surface area contributed by atoms with Crippen LogP contribution in [-0.2, 0) is 19.5 Å². The molecule has 0 atom stereocenters. The van der Waals surface area contributed by atoms with Crippen molar-refractivity contribution in [3.05, 3.63) is 16.3 Å². The van der Waals surface area contributed by atoms with Gasteiger partial charge in [-0.05, 0) is 25.9 Å². The molecule has 1 aliphatic heterocycles. The molecule has 1 aromatic heterocycles. The highest BCUT2D eigenvalue weighted by atomic mass is 16.2. The average Bonchev–Trinajstić information content (AvgIpc) is 2.80. The summed E-state index contributed by atoms with van der Waals surface area (Å²) in [7, 11) is 0. The largest absolute Gasteiger partial charge is 0.345 e. The molecular weight excluding hydrogens is 254 g/mol. The quantitative estimate of drug-likeness (QED) is 0.697. The average molecular weight is 281 g/mol. The zero-order valence-electron chi connectivity index (χ0n) is 12.8. The molecule has 114 valence electrons. The summed E-state index contributed by atoms with van der Waals surface area (Å²) in [6.07, 6.45) is 3.19. The Balaban J connectivity index is 1.75. The first-order valence-electron chi connectivity index (χ1n) is 7.85. The van der Waals surface area contributed by atoms with Gasteiger partial charge in [-0.3, -0.25) is 4.57 Å². The number of hydrogen-bond donors (Lipinski definition) is 1. The molecule has 0 aromatic carbocycles. The minimum Gasteiger partial charge on any atom is -0.314 e.